The molecule has 0 saturated heterocycles. The van der Waals surface area contributed by atoms with Crippen molar-refractivity contribution in [3.8, 4) is 5.75 Å². The predicted molar refractivity (Wildman–Crippen MR) is 99.1 cm³/mol. The number of nitrogens with zero attached hydrogens (tertiary/aromatic N) is 1. The van der Waals surface area contributed by atoms with Gasteiger partial charge in [0.15, 0.2) is 0 Å². The van der Waals surface area contributed by atoms with E-state index in [1.54, 1.807) is 29.0 Å². The Kier molecular flexibility index (Phi) is 5.34. The summed E-state index contributed by atoms with van der Waals surface area (Å²) in [4.78, 5) is 12.5. The molecule has 0 saturated carbocycles. The van der Waals surface area contributed by atoms with Crippen LogP contribution < -0.4 is 10.3 Å². The normalized spacial score (nSPS) is 10.7. The van der Waals surface area contributed by atoms with Crippen LogP contribution in [0.3, 0.4) is 0 Å². The molecule has 25 heavy (non-hydrogen) atoms. The number of ether oxygens (including phenoxy) is 1. The summed E-state index contributed by atoms with van der Waals surface area (Å²) < 4.78 is 20.6. The minimum Gasteiger partial charge on any atom is -0.487 e. The predicted octanol–water partition coefficient (Wildman–Crippen LogP) is 4.56. The number of hydrogen-bond acceptors (Lipinski definition) is 2. The van der Waals surface area contributed by atoms with Crippen LogP contribution in [0.5, 0.6) is 5.75 Å². The maximum atomic E-state index is 12.9. The Hall–Kier alpha value is -2.40. The van der Waals surface area contributed by atoms with Gasteiger partial charge in [-0.1, -0.05) is 36.4 Å². The third-order valence-corrected chi connectivity index (χ3v) is 4.45. The topological polar surface area (TPSA) is 31.2 Å². The SMILES string of the molecule is [CH2]c1cccc(Cn2ccc(OCc3ccc(F)cc3)c(Br)c2=O)c1. The van der Waals surface area contributed by atoms with Gasteiger partial charge in [0, 0.05) is 6.20 Å². The standard InChI is InChI=1S/C20H16BrFNO2/c1-14-3-2-4-16(11-14)12-23-10-9-18(19(21)20(23)24)25-13-15-5-7-17(22)8-6-15/h2-11H,1,12-13H2. The Labute approximate surface area is 153 Å². The van der Waals surface area contributed by atoms with E-state index in [4.69, 9.17) is 4.74 Å². The van der Waals surface area contributed by atoms with Crippen LogP contribution in [0, 0.1) is 12.7 Å². The van der Waals surface area contributed by atoms with Gasteiger partial charge in [0.05, 0.1) is 6.54 Å². The highest BCUT2D eigenvalue weighted by Gasteiger charge is 2.09. The van der Waals surface area contributed by atoms with Gasteiger partial charge in [-0.25, -0.2) is 4.39 Å². The van der Waals surface area contributed by atoms with Gasteiger partial charge in [0.25, 0.3) is 5.56 Å². The molecule has 0 fully saturated rings. The fourth-order valence-corrected chi connectivity index (χ4v) is 2.91. The first-order valence-electron chi connectivity index (χ1n) is 7.70. The van der Waals surface area contributed by atoms with Crippen LogP contribution in [0.4, 0.5) is 4.39 Å². The zero-order valence-corrected chi connectivity index (χ0v) is 15.0. The fraction of sp³-hybridized carbons (Fsp3) is 0.100. The van der Waals surface area contributed by atoms with E-state index < -0.39 is 0 Å². The van der Waals surface area contributed by atoms with Crippen molar-refractivity contribution in [2.24, 2.45) is 0 Å². The van der Waals surface area contributed by atoms with Crippen LogP contribution in [0.1, 0.15) is 16.7 Å². The summed E-state index contributed by atoms with van der Waals surface area (Å²) in [6, 6.07) is 15.5. The van der Waals surface area contributed by atoms with E-state index in [1.165, 1.54) is 12.1 Å². The molecule has 1 radical (unpaired) electrons. The van der Waals surface area contributed by atoms with E-state index in [2.05, 4.69) is 22.9 Å². The van der Waals surface area contributed by atoms with Crippen LogP contribution in [-0.2, 0) is 13.2 Å². The van der Waals surface area contributed by atoms with Gasteiger partial charge in [-0.15, -0.1) is 0 Å². The molecule has 2 aromatic carbocycles. The molecule has 0 atom stereocenters. The first-order chi connectivity index (χ1) is 12.0. The molecular formula is C20H16BrFNO2. The highest BCUT2D eigenvalue weighted by molar-refractivity contribution is 9.10. The molecule has 0 amide bonds. The summed E-state index contributed by atoms with van der Waals surface area (Å²) in [7, 11) is 0. The zero-order chi connectivity index (χ0) is 17.8. The van der Waals surface area contributed by atoms with E-state index in [0.717, 1.165) is 16.7 Å². The van der Waals surface area contributed by atoms with Gasteiger partial charge in [-0.2, -0.15) is 0 Å². The summed E-state index contributed by atoms with van der Waals surface area (Å²) in [6.45, 7) is 4.61. The first kappa shape index (κ1) is 17.4. The molecule has 0 N–H and O–H groups in total. The molecule has 5 heteroatoms. The van der Waals surface area contributed by atoms with E-state index in [9.17, 15) is 9.18 Å². The third kappa shape index (κ3) is 4.37. The first-order valence-corrected chi connectivity index (χ1v) is 8.49. The molecule has 127 valence electrons. The number of rotatable bonds is 5. The lowest BCUT2D eigenvalue weighted by atomic mass is 10.1. The van der Waals surface area contributed by atoms with Crippen LogP contribution in [0.15, 0.2) is 70.1 Å². The van der Waals surface area contributed by atoms with Gasteiger partial charge in [-0.05, 0) is 57.7 Å². The van der Waals surface area contributed by atoms with Crippen LogP contribution >= 0.6 is 15.9 Å². The highest BCUT2D eigenvalue weighted by atomic mass is 79.9. The average molecular weight is 401 g/mol. The maximum absolute atomic E-state index is 12.9. The number of halogens is 2. The van der Waals surface area contributed by atoms with Crippen LogP contribution in [-0.4, -0.2) is 4.57 Å². The molecule has 3 rings (SSSR count). The maximum Gasteiger partial charge on any atom is 0.268 e. The van der Waals surface area contributed by atoms with Crippen molar-refractivity contribution >= 4 is 15.9 Å². The average Bonchev–Trinajstić information content (AvgIpc) is 2.60. The quantitative estimate of drug-likeness (QED) is 0.628. The van der Waals surface area contributed by atoms with Crippen molar-refractivity contribution < 1.29 is 9.13 Å². The van der Waals surface area contributed by atoms with Gasteiger partial charge >= 0.3 is 0 Å². The van der Waals surface area contributed by atoms with Crippen LogP contribution in [0.25, 0.3) is 0 Å². The smallest absolute Gasteiger partial charge is 0.268 e. The Morgan fingerprint density at radius 3 is 2.56 bits per heavy atom. The summed E-state index contributed by atoms with van der Waals surface area (Å²) in [5.74, 6) is 0.162. The van der Waals surface area contributed by atoms with Gasteiger partial charge < -0.3 is 9.30 Å². The van der Waals surface area contributed by atoms with E-state index >= 15 is 0 Å². The highest BCUT2D eigenvalue weighted by Crippen LogP contribution is 2.22. The van der Waals surface area contributed by atoms with E-state index in [0.29, 0.717) is 16.8 Å². The monoisotopic (exact) mass is 400 g/mol. The van der Waals surface area contributed by atoms with Crippen molar-refractivity contribution in [3.05, 3.63) is 105 Å². The molecule has 1 heterocycles. The molecule has 0 unspecified atom stereocenters. The van der Waals surface area contributed by atoms with Gasteiger partial charge in [0.2, 0.25) is 0 Å². The Balaban J connectivity index is 1.75. The lowest BCUT2D eigenvalue weighted by Gasteiger charge is -2.11. The summed E-state index contributed by atoms with van der Waals surface area (Å²) in [6.07, 6.45) is 1.70. The Bertz CT molecular complexity index is 935. The third-order valence-electron chi connectivity index (χ3n) is 3.72. The molecule has 0 aliphatic heterocycles. The van der Waals surface area contributed by atoms with E-state index in [-0.39, 0.29) is 18.0 Å². The zero-order valence-electron chi connectivity index (χ0n) is 13.4. The van der Waals surface area contributed by atoms with Gasteiger partial charge in [-0.3, -0.25) is 4.79 Å². The minimum atomic E-state index is -0.293. The number of pyridine rings is 1. The van der Waals surface area contributed by atoms with Crippen LogP contribution in [0.2, 0.25) is 0 Å². The Morgan fingerprint density at radius 1 is 1.08 bits per heavy atom. The lowest BCUT2D eigenvalue weighted by molar-refractivity contribution is 0.302. The number of aromatic nitrogens is 1. The summed E-state index contributed by atoms with van der Waals surface area (Å²) in [5, 5.41) is 0. The molecule has 3 aromatic rings. The number of benzene rings is 2. The fourth-order valence-electron chi connectivity index (χ4n) is 2.43. The van der Waals surface area contributed by atoms with Crippen molar-refractivity contribution in [3.63, 3.8) is 0 Å². The second-order valence-corrected chi connectivity index (χ2v) is 6.46. The molecule has 1 aromatic heterocycles. The largest absolute Gasteiger partial charge is 0.487 e. The molecular weight excluding hydrogens is 385 g/mol. The second kappa shape index (κ2) is 7.66. The second-order valence-electron chi connectivity index (χ2n) is 5.66. The molecule has 3 nitrogen and oxygen atoms in total. The van der Waals surface area contributed by atoms with Crippen molar-refractivity contribution in [1.82, 2.24) is 4.57 Å². The lowest BCUT2D eigenvalue weighted by Crippen LogP contribution is -2.21. The molecule has 0 aliphatic carbocycles. The molecule has 0 aliphatic rings. The molecule has 0 bridgehead atoms. The van der Waals surface area contributed by atoms with Crippen molar-refractivity contribution in [1.29, 1.82) is 0 Å². The van der Waals surface area contributed by atoms with Gasteiger partial charge in [0.1, 0.15) is 22.6 Å². The Morgan fingerprint density at radius 2 is 1.84 bits per heavy atom. The summed E-state index contributed by atoms with van der Waals surface area (Å²) in [5.41, 5.74) is 2.56. The minimum absolute atomic E-state index is 0.175. The number of hydrogen-bond donors (Lipinski definition) is 0. The summed E-state index contributed by atoms with van der Waals surface area (Å²) >= 11 is 3.31. The molecule has 0 spiro atoms. The van der Waals surface area contributed by atoms with E-state index in [1.807, 2.05) is 24.3 Å². The van der Waals surface area contributed by atoms with Crippen molar-refractivity contribution in [2.45, 2.75) is 13.2 Å². The van der Waals surface area contributed by atoms with Crippen molar-refractivity contribution in [2.75, 3.05) is 0 Å².